The summed E-state index contributed by atoms with van der Waals surface area (Å²) < 4.78 is 0. The molecule has 0 amide bonds. The van der Waals surface area contributed by atoms with E-state index in [1.165, 1.54) is 33.4 Å². The van der Waals surface area contributed by atoms with Gasteiger partial charge in [-0.1, -0.05) is 102 Å². The van der Waals surface area contributed by atoms with Crippen LogP contribution in [0.4, 0.5) is 0 Å². The molecular formula is C33H26N2. The Bertz CT molecular complexity index is 1570. The minimum atomic E-state index is 0.980. The number of nitrogens with zero attached hydrogens (tertiary/aromatic N) is 1. The van der Waals surface area contributed by atoms with Crippen molar-refractivity contribution in [2.45, 2.75) is 13.8 Å². The number of rotatable bonds is 4. The number of aliphatic imine (C=N–C) groups is 1. The average molecular weight is 451 g/mol. The molecule has 0 saturated carbocycles. The number of hydrogen-bond acceptors (Lipinski definition) is 1. The highest BCUT2D eigenvalue weighted by atomic mass is 14.8. The van der Waals surface area contributed by atoms with Gasteiger partial charge in [-0.15, -0.1) is 0 Å². The van der Waals surface area contributed by atoms with Crippen molar-refractivity contribution >= 4 is 17.5 Å². The van der Waals surface area contributed by atoms with E-state index in [0.717, 1.165) is 33.9 Å². The van der Waals surface area contributed by atoms with Gasteiger partial charge in [0.2, 0.25) is 0 Å². The van der Waals surface area contributed by atoms with Gasteiger partial charge in [0.1, 0.15) is 0 Å². The highest BCUT2D eigenvalue weighted by Crippen LogP contribution is 2.36. The first-order valence-corrected chi connectivity index (χ1v) is 12.0. The predicted octanol–water partition coefficient (Wildman–Crippen LogP) is 8.31. The van der Waals surface area contributed by atoms with Crippen molar-refractivity contribution in [1.29, 1.82) is 0 Å². The van der Waals surface area contributed by atoms with Gasteiger partial charge in [-0.3, -0.25) is 0 Å². The fourth-order valence-corrected chi connectivity index (χ4v) is 4.95. The number of aromatic nitrogens is 1. The van der Waals surface area contributed by atoms with Gasteiger partial charge in [-0.05, 0) is 49.2 Å². The Hall–Kier alpha value is -4.43. The Morgan fingerprint density at radius 2 is 1.17 bits per heavy atom. The molecule has 1 aromatic heterocycles. The van der Waals surface area contributed by atoms with Crippen LogP contribution >= 0.6 is 0 Å². The van der Waals surface area contributed by atoms with Gasteiger partial charge in [0.15, 0.2) is 0 Å². The topological polar surface area (TPSA) is 28.1 Å². The van der Waals surface area contributed by atoms with E-state index in [9.17, 15) is 0 Å². The number of aryl methyl sites for hydroxylation is 2. The summed E-state index contributed by atoms with van der Waals surface area (Å²) in [6.07, 6.45) is 2.20. The molecule has 0 spiro atoms. The zero-order valence-electron chi connectivity index (χ0n) is 19.9. The maximum absolute atomic E-state index is 5.18. The molecule has 0 atom stereocenters. The summed E-state index contributed by atoms with van der Waals surface area (Å²) in [5.74, 6) is 0. The van der Waals surface area contributed by atoms with Crippen LogP contribution in [0, 0.1) is 13.8 Å². The van der Waals surface area contributed by atoms with Crippen LogP contribution in [0.3, 0.4) is 0 Å². The van der Waals surface area contributed by atoms with Crippen LogP contribution in [0.2, 0.25) is 0 Å². The fourth-order valence-electron chi connectivity index (χ4n) is 4.95. The first kappa shape index (κ1) is 21.1. The zero-order valence-corrected chi connectivity index (χ0v) is 19.9. The molecule has 2 heterocycles. The maximum atomic E-state index is 5.18. The van der Waals surface area contributed by atoms with Gasteiger partial charge >= 0.3 is 0 Å². The van der Waals surface area contributed by atoms with Crippen LogP contribution < -0.4 is 0 Å². The molecule has 2 nitrogen and oxygen atoms in total. The van der Waals surface area contributed by atoms with E-state index in [-0.39, 0.29) is 0 Å². The lowest BCUT2D eigenvalue weighted by atomic mass is 9.96. The van der Waals surface area contributed by atoms with Gasteiger partial charge in [0, 0.05) is 33.6 Å². The number of H-pyrrole nitrogens is 1. The third-order valence-electron chi connectivity index (χ3n) is 6.48. The van der Waals surface area contributed by atoms with Crippen LogP contribution in [0.1, 0.15) is 33.5 Å². The van der Waals surface area contributed by atoms with Crippen molar-refractivity contribution in [1.82, 2.24) is 4.98 Å². The van der Waals surface area contributed by atoms with Crippen LogP contribution in [0.15, 0.2) is 114 Å². The Labute approximate surface area is 206 Å². The maximum Gasteiger partial charge on any atom is 0.0788 e. The van der Waals surface area contributed by atoms with Crippen molar-refractivity contribution in [3.63, 3.8) is 0 Å². The minimum Gasteiger partial charge on any atom is -0.354 e. The van der Waals surface area contributed by atoms with Crippen molar-refractivity contribution in [2.24, 2.45) is 4.99 Å². The smallest absolute Gasteiger partial charge is 0.0788 e. The molecule has 0 unspecified atom stereocenters. The zero-order chi connectivity index (χ0) is 23.8. The van der Waals surface area contributed by atoms with Gasteiger partial charge in [0.05, 0.1) is 11.4 Å². The second kappa shape index (κ2) is 8.73. The van der Waals surface area contributed by atoms with Gasteiger partial charge in [0.25, 0.3) is 0 Å². The summed E-state index contributed by atoms with van der Waals surface area (Å²) in [5, 5.41) is 0. The summed E-state index contributed by atoms with van der Waals surface area (Å²) in [7, 11) is 0. The Balaban J connectivity index is 1.53. The number of nitrogens with one attached hydrogen (secondary N) is 1. The first-order chi connectivity index (χ1) is 17.2. The molecule has 0 fully saturated rings. The highest BCUT2D eigenvalue weighted by Gasteiger charge is 2.22. The van der Waals surface area contributed by atoms with Crippen LogP contribution in [-0.4, -0.2) is 10.7 Å². The largest absolute Gasteiger partial charge is 0.354 e. The Morgan fingerprint density at radius 1 is 0.571 bits per heavy atom. The van der Waals surface area contributed by atoms with Gasteiger partial charge in [-0.25, -0.2) is 4.99 Å². The average Bonchev–Trinajstić information content (AvgIpc) is 3.47. The number of hydrogen-bond donors (Lipinski definition) is 1. The Morgan fingerprint density at radius 3 is 1.86 bits per heavy atom. The van der Waals surface area contributed by atoms with E-state index < -0.39 is 0 Å². The summed E-state index contributed by atoms with van der Waals surface area (Å²) in [4.78, 5) is 8.86. The standard InChI is InChI=1S/C33H26N2/c1-22-17-23(2)19-26(18-22)33-28-16-10-9-15-27(28)31(35-33)21-32-29(24-11-5-3-6-12-24)20-30(34-32)25-13-7-4-8-14-25/h3-21,34H,1-2H3. The van der Waals surface area contributed by atoms with Crippen LogP contribution in [0.5, 0.6) is 0 Å². The van der Waals surface area contributed by atoms with E-state index in [1.54, 1.807) is 0 Å². The van der Waals surface area contributed by atoms with E-state index in [4.69, 9.17) is 4.99 Å². The number of fused-ring (bicyclic) bond motifs is 1. The molecule has 0 saturated heterocycles. The lowest BCUT2D eigenvalue weighted by molar-refractivity contribution is 1.36. The lowest BCUT2D eigenvalue weighted by Gasteiger charge is -2.06. The second-order valence-electron chi connectivity index (χ2n) is 9.15. The minimum absolute atomic E-state index is 0.980. The summed E-state index contributed by atoms with van der Waals surface area (Å²) in [6.45, 7) is 4.29. The van der Waals surface area contributed by atoms with Crippen molar-refractivity contribution in [3.8, 4) is 22.4 Å². The third-order valence-corrected chi connectivity index (χ3v) is 6.48. The van der Waals surface area contributed by atoms with Crippen molar-refractivity contribution in [2.75, 3.05) is 0 Å². The lowest BCUT2D eigenvalue weighted by Crippen LogP contribution is -2.01. The van der Waals surface area contributed by atoms with Crippen molar-refractivity contribution in [3.05, 3.63) is 143 Å². The molecule has 2 heteroatoms. The summed E-state index contributed by atoms with van der Waals surface area (Å²) in [5.41, 5.74) is 13.7. The van der Waals surface area contributed by atoms with E-state index >= 15 is 0 Å². The monoisotopic (exact) mass is 450 g/mol. The van der Waals surface area contributed by atoms with E-state index in [0.29, 0.717) is 0 Å². The second-order valence-corrected chi connectivity index (χ2v) is 9.15. The molecule has 4 aromatic carbocycles. The highest BCUT2D eigenvalue weighted by molar-refractivity contribution is 6.21. The van der Waals surface area contributed by atoms with Gasteiger partial charge in [-0.2, -0.15) is 0 Å². The van der Waals surface area contributed by atoms with Crippen LogP contribution in [0.25, 0.3) is 34.2 Å². The number of benzene rings is 4. The fraction of sp³-hybridized carbons (Fsp3) is 0.0606. The molecular weight excluding hydrogens is 424 g/mol. The summed E-state index contributed by atoms with van der Waals surface area (Å²) in [6, 6.07) is 38.4. The van der Waals surface area contributed by atoms with E-state index in [2.05, 4.69) is 128 Å². The molecule has 0 aliphatic carbocycles. The molecule has 6 rings (SSSR count). The van der Waals surface area contributed by atoms with Crippen molar-refractivity contribution < 1.29 is 0 Å². The molecule has 1 aliphatic rings. The normalized spacial score (nSPS) is 13.7. The quantitative estimate of drug-likeness (QED) is 0.285. The molecule has 0 radical (unpaired) electrons. The molecule has 5 aromatic rings. The number of aromatic amines is 1. The molecule has 35 heavy (non-hydrogen) atoms. The third kappa shape index (κ3) is 4.04. The summed E-state index contributed by atoms with van der Waals surface area (Å²) >= 11 is 0. The molecule has 0 bridgehead atoms. The van der Waals surface area contributed by atoms with Gasteiger partial charge < -0.3 is 4.98 Å². The molecule has 168 valence electrons. The molecule has 1 N–H and O–H groups in total. The van der Waals surface area contributed by atoms with E-state index in [1.807, 2.05) is 6.07 Å². The van der Waals surface area contributed by atoms with Crippen LogP contribution in [-0.2, 0) is 0 Å². The first-order valence-electron chi connectivity index (χ1n) is 12.0. The SMILES string of the molecule is Cc1cc(C)cc(C2=NC(=Cc3[nH]c(-c4ccccc4)cc3-c3ccccc3)c3ccccc32)c1. The predicted molar refractivity (Wildman–Crippen MR) is 148 cm³/mol. The Kier molecular flexibility index (Phi) is 5.27. The molecule has 1 aliphatic heterocycles.